The number of hydrogen-bond donors (Lipinski definition) is 1. The standard InChI is InChI=1S/C21H29N5O4/c1-23-18-19(24(2)21(23)29)26(20(28)22-18)13-17(27)25(15-6-4-5-7-15)12-14-8-10-16(30-3)11-9-14/h8-11,15,18-19H,4-7,12-13H2,1-3H3,(H,22,28)/t18-,19+/m0/s1. The zero-order valence-electron chi connectivity index (χ0n) is 17.7. The predicted molar refractivity (Wildman–Crippen MR) is 110 cm³/mol. The minimum Gasteiger partial charge on any atom is -0.497 e. The molecule has 1 N–H and O–H groups in total. The maximum Gasteiger partial charge on any atom is 0.323 e. The van der Waals surface area contributed by atoms with Crippen LogP contribution in [0.1, 0.15) is 31.2 Å². The molecule has 4 rings (SSSR count). The van der Waals surface area contributed by atoms with E-state index in [1.807, 2.05) is 29.2 Å². The van der Waals surface area contributed by atoms with Gasteiger partial charge in [-0.2, -0.15) is 0 Å². The summed E-state index contributed by atoms with van der Waals surface area (Å²) in [5, 5.41) is 2.82. The second-order valence-corrected chi connectivity index (χ2v) is 8.25. The van der Waals surface area contributed by atoms with Gasteiger partial charge in [-0.05, 0) is 30.5 Å². The molecular weight excluding hydrogens is 386 g/mol. The second kappa shape index (κ2) is 8.04. The Morgan fingerprint density at radius 3 is 2.43 bits per heavy atom. The van der Waals surface area contributed by atoms with Gasteiger partial charge in [0.05, 0.1) is 7.11 Å². The van der Waals surface area contributed by atoms with E-state index in [4.69, 9.17) is 4.74 Å². The number of nitrogens with zero attached hydrogens (tertiary/aromatic N) is 4. The highest BCUT2D eigenvalue weighted by molar-refractivity contribution is 5.89. The number of methoxy groups -OCH3 is 1. The lowest BCUT2D eigenvalue weighted by Crippen LogP contribution is -2.50. The molecule has 2 aliphatic heterocycles. The monoisotopic (exact) mass is 415 g/mol. The third kappa shape index (κ3) is 3.53. The van der Waals surface area contributed by atoms with Gasteiger partial charge in [-0.3, -0.25) is 9.69 Å². The average Bonchev–Trinajstić information content (AvgIpc) is 3.43. The third-order valence-electron chi connectivity index (χ3n) is 6.45. The minimum absolute atomic E-state index is 0.0505. The van der Waals surface area contributed by atoms with Crippen molar-refractivity contribution in [2.45, 2.75) is 50.6 Å². The number of carbonyl (C=O) groups excluding carboxylic acids is 3. The number of hydrogen-bond acceptors (Lipinski definition) is 4. The van der Waals surface area contributed by atoms with Crippen molar-refractivity contribution in [3.8, 4) is 5.75 Å². The van der Waals surface area contributed by atoms with E-state index in [2.05, 4.69) is 5.32 Å². The summed E-state index contributed by atoms with van der Waals surface area (Å²) in [6.07, 6.45) is 3.24. The van der Waals surface area contributed by atoms with Crippen LogP contribution >= 0.6 is 0 Å². The van der Waals surface area contributed by atoms with E-state index >= 15 is 0 Å². The Morgan fingerprint density at radius 2 is 1.80 bits per heavy atom. The summed E-state index contributed by atoms with van der Waals surface area (Å²) >= 11 is 0. The molecule has 3 aliphatic rings. The van der Waals surface area contributed by atoms with Crippen molar-refractivity contribution in [3.63, 3.8) is 0 Å². The molecule has 1 aromatic rings. The summed E-state index contributed by atoms with van der Waals surface area (Å²) < 4.78 is 5.22. The lowest BCUT2D eigenvalue weighted by Gasteiger charge is -2.33. The van der Waals surface area contributed by atoms with Crippen LogP contribution in [0.3, 0.4) is 0 Å². The molecule has 2 saturated heterocycles. The van der Waals surface area contributed by atoms with E-state index in [1.165, 1.54) is 14.7 Å². The number of urea groups is 2. The SMILES string of the molecule is COc1ccc(CN(C(=O)CN2C(=O)N[C@@H]3[C@@H]2N(C)C(=O)N3C)C2CCCC2)cc1. The maximum atomic E-state index is 13.4. The van der Waals surface area contributed by atoms with Crippen LogP contribution in [-0.2, 0) is 11.3 Å². The average molecular weight is 415 g/mol. The molecule has 1 saturated carbocycles. The van der Waals surface area contributed by atoms with Gasteiger partial charge in [-0.25, -0.2) is 9.59 Å². The topological polar surface area (TPSA) is 85.4 Å². The van der Waals surface area contributed by atoms with Crippen LogP contribution in [0.4, 0.5) is 9.59 Å². The first-order valence-corrected chi connectivity index (χ1v) is 10.4. The Balaban J connectivity index is 1.51. The van der Waals surface area contributed by atoms with E-state index in [-0.39, 0.29) is 30.6 Å². The zero-order chi connectivity index (χ0) is 21.4. The Kier molecular flexibility index (Phi) is 5.44. The highest BCUT2D eigenvalue weighted by atomic mass is 16.5. The molecule has 0 radical (unpaired) electrons. The van der Waals surface area contributed by atoms with E-state index in [0.29, 0.717) is 6.54 Å². The summed E-state index contributed by atoms with van der Waals surface area (Å²) in [5.41, 5.74) is 1.02. The number of rotatable bonds is 6. The summed E-state index contributed by atoms with van der Waals surface area (Å²) in [7, 11) is 4.94. The normalized spacial score (nSPS) is 23.8. The van der Waals surface area contributed by atoms with Crippen LogP contribution in [0, 0.1) is 0 Å². The van der Waals surface area contributed by atoms with E-state index < -0.39 is 12.3 Å². The quantitative estimate of drug-likeness (QED) is 0.766. The van der Waals surface area contributed by atoms with Crippen molar-refractivity contribution in [1.29, 1.82) is 0 Å². The largest absolute Gasteiger partial charge is 0.497 e. The van der Waals surface area contributed by atoms with Crippen LogP contribution in [-0.4, -0.2) is 83.7 Å². The van der Waals surface area contributed by atoms with Crippen molar-refractivity contribution >= 4 is 18.0 Å². The van der Waals surface area contributed by atoms with Gasteiger partial charge in [0, 0.05) is 26.7 Å². The number of fused-ring (bicyclic) bond motifs is 1. The van der Waals surface area contributed by atoms with E-state index in [1.54, 1.807) is 21.2 Å². The van der Waals surface area contributed by atoms with Gasteiger partial charge in [-0.1, -0.05) is 25.0 Å². The van der Waals surface area contributed by atoms with Crippen LogP contribution in [0.2, 0.25) is 0 Å². The van der Waals surface area contributed by atoms with Crippen molar-refractivity contribution in [1.82, 2.24) is 24.9 Å². The number of likely N-dealkylation sites (N-methyl/N-ethyl adjacent to an activating group) is 2. The Labute approximate surface area is 176 Å². The molecule has 0 spiro atoms. The van der Waals surface area contributed by atoms with Crippen LogP contribution in [0.15, 0.2) is 24.3 Å². The number of ether oxygens (including phenoxy) is 1. The Bertz CT molecular complexity index is 823. The molecule has 9 nitrogen and oxygen atoms in total. The smallest absolute Gasteiger partial charge is 0.323 e. The van der Waals surface area contributed by atoms with Gasteiger partial charge >= 0.3 is 12.1 Å². The number of nitrogens with one attached hydrogen (secondary N) is 1. The first-order chi connectivity index (χ1) is 14.4. The lowest BCUT2D eigenvalue weighted by atomic mass is 10.1. The minimum atomic E-state index is -0.481. The Morgan fingerprint density at radius 1 is 1.13 bits per heavy atom. The molecular formula is C21H29N5O4. The molecule has 162 valence electrons. The first kappa shape index (κ1) is 20.3. The van der Waals surface area contributed by atoms with Gasteiger partial charge in [0.2, 0.25) is 5.91 Å². The fraction of sp³-hybridized carbons (Fsp3) is 0.571. The van der Waals surface area contributed by atoms with Gasteiger partial charge < -0.3 is 24.8 Å². The third-order valence-corrected chi connectivity index (χ3v) is 6.45. The van der Waals surface area contributed by atoms with E-state index in [9.17, 15) is 14.4 Å². The molecule has 0 unspecified atom stereocenters. The molecule has 1 aromatic carbocycles. The summed E-state index contributed by atoms with van der Waals surface area (Å²) in [5.74, 6) is 0.680. The van der Waals surface area contributed by atoms with Crippen molar-refractivity contribution in [2.24, 2.45) is 0 Å². The molecule has 9 heteroatoms. The highest BCUT2D eigenvalue weighted by Crippen LogP contribution is 2.29. The number of carbonyl (C=O) groups is 3. The van der Waals surface area contributed by atoms with Gasteiger partial charge in [-0.15, -0.1) is 0 Å². The summed E-state index contributed by atoms with van der Waals surface area (Å²) in [6, 6.07) is 7.39. The molecule has 0 bridgehead atoms. The molecule has 2 heterocycles. The molecule has 0 aromatic heterocycles. The van der Waals surface area contributed by atoms with Crippen LogP contribution < -0.4 is 10.1 Å². The molecule has 30 heavy (non-hydrogen) atoms. The fourth-order valence-electron chi connectivity index (χ4n) is 4.74. The molecule has 3 fully saturated rings. The lowest BCUT2D eigenvalue weighted by molar-refractivity contribution is -0.135. The molecule has 1 aliphatic carbocycles. The second-order valence-electron chi connectivity index (χ2n) is 8.25. The molecule has 5 amide bonds. The highest BCUT2D eigenvalue weighted by Gasteiger charge is 2.53. The van der Waals surface area contributed by atoms with Crippen molar-refractivity contribution < 1.29 is 19.1 Å². The first-order valence-electron chi connectivity index (χ1n) is 10.4. The predicted octanol–water partition coefficient (Wildman–Crippen LogP) is 1.64. The van der Waals surface area contributed by atoms with Gasteiger partial charge in [0.1, 0.15) is 24.6 Å². The van der Waals surface area contributed by atoms with Gasteiger partial charge in [0.25, 0.3) is 0 Å². The Hall–Kier alpha value is -2.97. The molecule has 2 atom stereocenters. The van der Waals surface area contributed by atoms with Crippen molar-refractivity contribution in [3.05, 3.63) is 29.8 Å². The maximum absolute atomic E-state index is 13.4. The zero-order valence-corrected chi connectivity index (χ0v) is 17.7. The number of amides is 5. The van der Waals surface area contributed by atoms with Crippen LogP contribution in [0.5, 0.6) is 5.75 Å². The summed E-state index contributed by atoms with van der Waals surface area (Å²) in [6.45, 7) is 0.441. The van der Waals surface area contributed by atoms with Crippen molar-refractivity contribution in [2.75, 3.05) is 27.7 Å². The fourth-order valence-corrected chi connectivity index (χ4v) is 4.74. The summed E-state index contributed by atoms with van der Waals surface area (Å²) in [4.78, 5) is 44.6. The van der Waals surface area contributed by atoms with Gasteiger partial charge in [0.15, 0.2) is 0 Å². The number of benzene rings is 1. The van der Waals surface area contributed by atoms with E-state index in [0.717, 1.165) is 37.0 Å². The van der Waals surface area contributed by atoms with Crippen LogP contribution in [0.25, 0.3) is 0 Å².